The molecule has 1 aromatic rings. The van der Waals surface area contributed by atoms with Crippen molar-refractivity contribution < 1.29 is 17.1 Å². The largest absolute Gasteiger partial charge is 0.304 e. The standard InChI is InChI=1S/C13H16ClNO/c1-15-13(9-5-4-8-12(13)16)10-6-2-3-7-11(10)14/h2-3,6-7,15H,4-5,8-9H2,1H3/i1D3,2D,3D,4D2,6D,7D. The van der Waals surface area contributed by atoms with Gasteiger partial charge in [-0.3, -0.25) is 4.79 Å². The Morgan fingerprint density at radius 1 is 1.62 bits per heavy atom. The summed E-state index contributed by atoms with van der Waals surface area (Å²) in [5.41, 5.74) is -2.36. The normalized spacial score (nSPS) is 37.8. The number of Topliss-reactive ketones (excluding diaryl/α,β-unsaturated/α-hetero) is 1. The van der Waals surface area contributed by atoms with E-state index in [1.807, 2.05) is 0 Å². The fraction of sp³-hybridized carbons (Fsp3) is 0.462. The number of hydrogen-bond acceptors (Lipinski definition) is 2. The van der Waals surface area contributed by atoms with Crippen LogP contribution in [0.1, 0.15) is 43.5 Å². The molecule has 1 aromatic carbocycles. The van der Waals surface area contributed by atoms with E-state index >= 15 is 0 Å². The van der Waals surface area contributed by atoms with Crippen LogP contribution in [0.25, 0.3) is 0 Å². The molecule has 1 saturated carbocycles. The van der Waals surface area contributed by atoms with E-state index in [4.69, 9.17) is 23.9 Å². The maximum atomic E-state index is 12.8. The molecule has 0 radical (unpaired) electrons. The van der Waals surface area contributed by atoms with Gasteiger partial charge in [0.1, 0.15) is 5.54 Å². The van der Waals surface area contributed by atoms with Crippen molar-refractivity contribution in [1.29, 1.82) is 0 Å². The third kappa shape index (κ3) is 1.76. The van der Waals surface area contributed by atoms with Gasteiger partial charge in [0.25, 0.3) is 0 Å². The van der Waals surface area contributed by atoms with Crippen molar-refractivity contribution in [3.05, 3.63) is 34.8 Å². The zero-order valence-electron chi connectivity index (χ0n) is 17.4. The van der Waals surface area contributed by atoms with Crippen LogP contribution in [0.2, 0.25) is 5.02 Å². The summed E-state index contributed by atoms with van der Waals surface area (Å²) >= 11 is 6.08. The smallest absolute Gasteiger partial charge is 0.157 e. The maximum Gasteiger partial charge on any atom is 0.157 e. The molecule has 1 fully saturated rings. The molecule has 0 amide bonds. The van der Waals surface area contributed by atoms with Gasteiger partial charge in [0.05, 0.1) is 5.48 Å². The van der Waals surface area contributed by atoms with E-state index in [9.17, 15) is 4.79 Å². The lowest BCUT2D eigenvalue weighted by molar-refractivity contribution is -0.127. The number of ketones is 1. The molecule has 1 aliphatic rings. The average Bonchev–Trinajstić information content (AvgIpc) is 2.45. The molecule has 0 saturated heterocycles. The summed E-state index contributed by atoms with van der Waals surface area (Å²) < 4.78 is 69.2. The first-order valence-electron chi connectivity index (χ1n) is 9.31. The summed E-state index contributed by atoms with van der Waals surface area (Å²) in [4.78, 5) is 12.8. The van der Waals surface area contributed by atoms with Crippen LogP contribution in [0, 0.1) is 0 Å². The molecule has 1 unspecified atom stereocenters. The second-order valence-corrected chi connectivity index (χ2v) is 3.95. The van der Waals surface area contributed by atoms with Crippen LogP contribution in [0.5, 0.6) is 0 Å². The van der Waals surface area contributed by atoms with Crippen LogP contribution >= 0.6 is 11.6 Å². The quantitative estimate of drug-likeness (QED) is 0.870. The van der Waals surface area contributed by atoms with Crippen molar-refractivity contribution in [3.63, 3.8) is 0 Å². The SMILES string of the molecule is [2H]c1c([2H])c([2H])c(C2(NC([2H])([2H])[2H])CCC([2H])([2H])CC2=O)c(Cl)c1[2H]. The van der Waals surface area contributed by atoms with Gasteiger partial charge in [-0.1, -0.05) is 36.1 Å². The molecule has 2 nitrogen and oxygen atoms in total. The van der Waals surface area contributed by atoms with Gasteiger partial charge in [0.2, 0.25) is 0 Å². The average molecular weight is 247 g/mol. The van der Waals surface area contributed by atoms with E-state index in [1.54, 1.807) is 0 Å². The van der Waals surface area contributed by atoms with Gasteiger partial charge in [-0.15, -0.1) is 0 Å². The third-order valence-electron chi connectivity index (χ3n) is 2.72. The molecule has 0 aromatic heterocycles. The molecule has 16 heavy (non-hydrogen) atoms. The number of nitrogens with one attached hydrogen (secondary N) is 1. The summed E-state index contributed by atoms with van der Waals surface area (Å²) in [6.45, 7) is -2.81. The van der Waals surface area contributed by atoms with Crippen LogP contribution in [0.4, 0.5) is 0 Å². The zero-order chi connectivity index (χ0) is 19.4. The highest BCUT2D eigenvalue weighted by Gasteiger charge is 2.40. The highest BCUT2D eigenvalue weighted by molar-refractivity contribution is 6.31. The fourth-order valence-electron chi connectivity index (χ4n) is 1.82. The summed E-state index contributed by atoms with van der Waals surface area (Å²) in [5.74, 6) is -0.813. The maximum absolute atomic E-state index is 12.8. The monoisotopic (exact) mass is 246 g/mol. The van der Waals surface area contributed by atoms with Gasteiger partial charge in [0.15, 0.2) is 5.78 Å². The van der Waals surface area contributed by atoms with Crippen LogP contribution in [0.15, 0.2) is 24.2 Å². The minimum Gasteiger partial charge on any atom is -0.304 e. The Bertz CT molecular complexity index is 704. The molecule has 1 aliphatic carbocycles. The van der Waals surface area contributed by atoms with Gasteiger partial charge in [0, 0.05) is 18.3 Å². The van der Waals surface area contributed by atoms with Crippen molar-refractivity contribution in [2.45, 2.75) is 31.2 Å². The van der Waals surface area contributed by atoms with E-state index in [1.165, 1.54) is 0 Å². The van der Waals surface area contributed by atoms with Gasteiger partial charge in [-0.05, 0) is 31.4 Å². The predicted molar refractivity (Wildman–Crippen MR) is 65.7 cm³/mol. The minimum absolute atomic E-state index is 0.166. The number of likely N-dealkylation sites (N-methyl/N-ethyl adjacent to an activating group) is 1. The number of carbonyl (C=O) groups is 1. The van der Waals surface area contributed by atoms with Gasteiger partial charge >= 0.3 is 0 Å². The van der Waals surface area contributed by atoms with Crippen molar-refractivity contribution in [2.75, 3.05) is 6.98 Å². The molecule has 0 aliphatic heterocycles. The Morgan fingerprint density at radius 2 is 2.44 bits per heavy atom. The predicted octanol–water partition coefficient (Wildman–Crippen LogP) is 2.90. The second kappa shape index (κ2) is 4.56. The molecule has 1 atom stereocenters. The van der Waals surface area contributed by atoms with E-state index in [0.717, 1.165) is 0 Å². The number of carbonyl (C=O) groups excluding carboxylic acids is 1. The molecule has 0 heterocycles. The molecule has 1 N–H and O–H groups in total. The Labute approximate surface area is 114 Å². The summed E-state index contributed by atoms with van der Waals surface area (Å²) in [6.07, 6.45) is -2.87. The van der Waals surface area contributed by atoms with Crippen molar-refractivity contribution in [2.24, 2.45) is 0 Å². The van der Waals surface area contributed by atoms with Crippen LogP contribution < -0.4 is 5.32 Å². The first kappa shape index (κ1) is 4.79. The topological polar surface area (TPSA) is 29.1 Å². The lowest BCUT2D eigenvalue weighted by Crippen LogP contribution is -2.49. The first-order chi connectivity index (χ1) is 11.2. The first-order valence-corrected chi connectivity index (χ1v) is 5.19. The number of benzene rings is 1. The highest BCUT2D eigenvalue weighted by atomic mass is 35.5. The van der Waals surface area contributed by atoms with Crippen molar-refractivity contribution in [1.82, 2.24) is 5.32 Å². The lowest BCUT2D eigenvalue weighted by atomic mass is 9.75. The number of rotatable bonds is 2. The summed E-state index contributed by atoms with van der Waals surface area (Å²) in [5, 5.41) is 1.74. The Balaban J connectivity index is 2.78. The highest BCUT2D eigenvalue weighted by Crippen LogP contribution is 2.37. The molecule has 0 bridgehead atoms. The Kier molecular flexibility index (Phi) is 1.36. The van der Waals surface area contributed by atoms with Crippen LogP contribution in [0.3, 0.4) is 0 Å². The fourth-order valence-corrected chi connectivity index (χ4v) is 2.07. The number of halogens is 1. The third-order valence-corrected chi connectivity index (χ3v) is 3.00. The summed E-state index contributed by atoms with van der Waals surface area (Å²) in [6, 6.07) is -2.43. The van der Waals surface area contributed by atoms with E-state index in [2.05, 4.69) is 5.32 Å². The van der Waals surface area contributed by atoms with Crippen molar-refractivity contribution in [3.8, 4) is 0 Å². The van der Waals surface area contributed by atoms with E-state index < -0.39 is 60.3 Å². The number of hydrogen-bond donors (Lipinski definition) is 1. The van der Waals surface area contributed by atoms with E-state index in [0.29, 0.717) is 0 Å². The van der Waals surface area contributed by atoms with Gasteiger partial charge in [-0.25, -0.2) is 0 Å². The molecule has 3 heteroatoms. The van der Waals surface area contributed by atoms with Crippen LogP contribution in [-0.4, -0.2) is 12.8 Å². The van der Waals surface area contributed by atoms with Crippen molar-refractivity contribution >= 4 is 17.4 Å². The molecule has 0 spiro atoms. The van der Waals surface area contributed by atoms with E-state index in [-0.39, 0.29) is 18.4 Å². The Hall–Kier alpha value is -0.860. The molecular formula is C13H16ClNO. The Morgan fingerprint density at radius 3 is 3.19 bits per heavy atom. The molecular weight excluding hydrogens is 222 g/mol. The minimum atomic E-state index is -2.81. The van der Waals surface area contributed by atoms with Crippen LogP contribution in [-0.2, 0) is 10.3 Å². The van der Waals surface area contributed by atoms with Gasteiger partial charge in [-0.2, -0.15) is 0 Å². The van der Waals surface area contributed by atoms with Gasteiger partial charge < -0.3 is 5.32 Å². The molecule has 2 rings (SSSR count). The summed E-state index contributed by atoms with van der Waals surface area (Å²) in [7, 11) is 0. The molecule has 86 valence electrons. The zero-order valence-corrected chi connectivity index (χ0v) is 9.16. The second-order valence-electron chi connectivity index (χ2n) is 3.57. The lowest BCUT2D eigenvalue weighted by Gasteiger charge is -2.36.